The van der Waals surface area contributed by atoms with E-state index in [0.29, 0.717) is 43.9 Å². The first-order valence-corrected chi connectivity index (χ1v) is 13.1. The maximum Gasteiger partial charge on any atom is 0.276 e. The van der Waals surface area contributed by atoms with Crippen LogP contribution in [0.3, 0.4) is 0 Å². The number of hydrogen-bond donors (Lipinski definition) is 1. The number of para-hydroxylation sites is 1. The molecule has 9 nitrogen and oxygen atoms in total. The highest BCUT2D eigenvalue weighted by Crippen LogP contribution is 2.29. The van der Waals surface area contributed by atoms with Crippen LogP contribution in [0.25, 0.3) is 11.5 Å². The lowest BCUT2D eigenvalue weighted by atomic mass is 9.97. The second-order valence-corrected chi connectivity index (χ2v) is 10.8. The Morgan fingerprint density at radius 2 is 1.85 bits per heavy atom. The summed E-state index contributed by atoms with van der Waals surface area (Å²) in [5.74, 6) is 0.115. The molecule has 0 aliphatic carbocycles. The van der Waals surface area contributed by atoms with Gasteiger partial charge in [-0.05, 0) is 49.6 Å². The monoisotopic (exact) mass is 483 g/mol. The Labute approximate surface area is 199 Å². The summed E-state index contributed by atoms with van der Waals surface area (Å²) in [5, 5.41) is 6.52. The van der Waals surface area contributed by atoms with Crippen LogP contribution in [0.1, 0.15) is 18.4 Å². The van der Waals surface area contributed by atoms with Gasteiger partial charge < -0.3 is 14.2 Å². The van der Waals surface area contributed by atoms with Gasteiger partial charge in [0, 0.05) is 51.2 Å². The summed E-state index contributed by atoms with van der Waals surface area (Å²) in [5.41, 5.74) is 3.04. The van der Waals surface area contributed by atoms with Gasteiger partial charge in [-0.3, -0.25) is 9.89 Å². The van der Waals surface area contributed by atoms with Crippen molar-refractivity contribution in [2.24, 2.45) is 5.92 Å². The van der Waals surface area contributed by atoms with Crippen molar-refractivity contribution in [3.05, 3.63) is 54.2 Å². The Morgan fingerprint density at radius 1 is 1.06 bits per heavy atom. The van der Waals surface area contributed by atoms with E-state index in [2.05, 4.69) is 34.2 Å². The normalized spacial score (nSPS) is 20.0. The number of nitrogens with zero attached hydrogens (tertiary/aromatic N) is 4. The number of amides is 1. The van der Waals surface area contributed by atoms with Gasteiger partial charge in [-0.2, -0.15) is 9.40 Å². The minimum atomic E-state index is -3.83. The van der Waals surface area contributed by atoms with Gasteiger partial charge in [0.2, 0.25) is 11.0 Å². The second kappa shape index (κ2) is 9.27. The Balaban J connectivity index is 1.23. The maximum absolute atomic E-state index is 13.3. The number of benzene rings is 1. The number of H-pyrrole nitrogens is 1. The lowest BCUT2D eigenvalue weighted by molar-refractivity contribution is -0.137. The van der Waals surface area contributed by atoms with Crippen LogP contribution < -0.4 is 4.90 Å². The summed E-state index contributed by atoms with van der Waals surface area (Å²) in [7, 11) is -3.83. The van der Waals surface area contributed by atoms with Crippen molar-refractivity contribution in [2.45, 2.75) is 24.9 Å². The molecule has 2 aromatic heterocycles. The van der Waals surface area contributed by atoms with Gasteiger partial charge in [0.1, 0.15) is 5.69 Å². The van der Waals surface area contributed by atoms with Crippen LogP contribution in [0.2, 0.25) is 0 Å². The van der Waals surface area contributed by atoms with Gasteiger partial charge in [-0.25, -0.2) is 8.42 Å². The number of hydrogen-bond acceptors (Lipinski definition) is 6. The molecule has 1 amide bonds. The molecule has 1 unspecified atom stereocenters. The molecule has 10 heteroatoms. The van der Waals surface area contributed by atoms with Gasteiger partial charge in [0.05, 0.1) is 5.92 Å². The number of carbonyl (C=O) groups is 1. The van der Waals surface area contributed by atoms with Crippen molar-refractivity contribution in [3.8, 4) is 11.5 Å². The molecule has 0 spiro atoms. The van der Waals surface area contributed by atoms with Gasteiger partial charge in [0.25, 0.3) is 10.0 Å². The summed E-state index contributed by atoms with van der Waals surface area (Å²) in [6, 6.07) is 13.1. The summed E-state index contributed by atoms with van der Waals surface area (Å²) in [4.78, 5) is 17.5. The van der Waals surface area contributed by atoms with Gasteiger partial charge >= 0.3 is 0 Å². The number of nitrogens with one attached hydrogen (secondary N) is 1. The first-order valence-electron chi connectivity index (χ1n) is 11.6. The molecule has 5 rings (SSSR count). The fraction of sp³-hybridized carbons (Fsp3) is 0.417. The van der Waals surface area contributed by atoms with Crippen LogP contribution in [0.4, 0.5) is 5.69 Å². The molecular weight excluding hydrogens is 454 g/mol. The Kier molecular flexibility index (Phi) is 6.18. The molecule has 1 N–H and O–H groups in total. The summed E-state index contributed by atoms with van der Waals surface area (Å²) < 4.78 is 33.4. The lowest BCUT2D eigenvalue weighted by Gasteiger charge is -2.39. The molecule has 2 aliphatic rings. The van der Waals surface area contributed by atoms with Crippen LogP contribution >= 0.6 is 0 Å². The summed E-state index contributed by atoms with van der Waals surface area (Å²) in [6.45, 7) is 5.49. The summed E-state index contributed by atoms with van der Waals surface area (Å²) >= 11 is 0. The zero-order chi connectivity index (χ0) is 23.7. The molecule has 0 radical (unpaired) electrons. The minimum Gasteiger partial charge on any atom is -0.442 e. The van der Waals surface area contributed by atoms with Crippen LogP contribution in [-0.4, -0.2) is 73.0 Å². The highest BCUT2D eigenvalue weighted by Gasteiger charge is 2.37. The highest BCUT2D eigenvalue weighted by atomic mass is 32.2. The third-order valence-corrected chi connectivity index (χ3v) is 8.46. The fourth-order valence-corrected chi connectivity index (χ4v) is 6.27. The molecule has 4 heterocycles. The van der Waals surface area contributed by atoms with E-state index >= 15 is 0 Å². The molecule has 34 heavy (non-hydrogen) atoms. The topological polar surface area (TPSA) is 103 Å². The van der Waals surface area contributed by atoms with Crippen LogP contribution in [-0.2, 0) is 14.8 Å². The first-order chi connectivity index (χ1) is 16.4. The van der Waals surface area contributed by atoms with Gasteiger partial charge in [0.15, 0.2) is 5.76 Å². The van der Waals surface area contributed by atoms with Crippen molar-refractivity contribution in [2.75, 3.05) is 44.2 Å². The van der Waals surface area contributed by atoms with Crippen LogP contribution in [0, 0.1) is 12.8 Å². The SMILES string of the molecule is Cc1ccccc1N1CCN(C(=O)C2CCCN(S(=O)(=O)c3ccc(-c4ccn[nH]4)o3)C2)CC1. The number of sulfonamides is 1. The maximum atomic E-state index is 13.3. The molecule has 0 bridgehead atoms. The smallest absolute Gasteiger partial charge is 0.276 e. The molecule has 3 aromatic rings. The number of piperazine rings is 1. The van der Waals surface area contributed by atoms with Crippen molar-refractivity contribution in [1.82, 2.24) is 19.4 Å². The Bertz CT molecular complexity index is 1250. The van der Waals surface area contributed by atoms with Crippen molar-refractivity contribution in [1.29, 1.82) is 0 Å². The van der Waals surface area contributed by atoms with Crippen molar-refractivity contribution >= 4 is 21.6 Å². The van der Waals surface area contributed by atoms with Gasteiger partial charge in [-0.1, -0.05) is 18.2 Å². The van der Waals surface area contributed by atoms with E-state index in [-0.39, 0.29) is 23.5 Å². The zero-order valence-corrected chi connectivity index (χ0v) is 20.0. The second-order valence-electron chi connectivity index (χ2n) is 8.89. The number of anilines is 1. The third kappa shape index (κ3) is 4.35. The molecule has 0 saturated carbocycles. The Hall–Kier alpha value is -3.11. The molecule has 1 atom stereocenters. The predicted molar refractivity (Wildman–Crippen MR) is 128 cm³/mol. The number of rotatable bonds is 5. The molecule has 1 aromatic carbocycles. The molecular formula is C24H29N5O4S. The number of aromatic nitrogens is 2. The number of aryl methyl sites for hydroxylation is 1. The summed E-state index contributed by atoms with van der Waals surface area (Å²) in [6.07, 6.45) is 2.92. The van der Waals surface area contributed by atoms with Gasteiger partial charge in [-0.15, -0.1) is 0 Å². The lowest BCUT2D eigenvalue weighted by Crippen LogP contribution is -2.53. The van der Waals surface area contributed by atoms with Crippen LogP contribution in [0.5, 0.6) is 0 Å². The quantitative estimate of drug-likeness (QED) is 0.599. The van der Waals surface area contributed by atoms with E-state index in [1.54, 1.807) is 18.3 Å². The predicted octanol–water partition coefficient (Wildman–Crippen LogP) is 2.73. The van der Waals surface area contributed by atoms with E-state index in [1.807, 2.05) is 17.0 Å². The highest BCUT2D eigenvalue weighted by molar-refractivity contribution is 7.89. The van der Waals surface area contributed by atoms with Crippen molar-refractivity contribution < 1.29 is 17.6 Å². The number of aromatic amines is 1. The number of furan rings is 1. The minimum absolute atomic E-state index is 0.0435. The Morgan fingerprint density at radius 3 is 2.59 bits per heavy atom. The fourth-order valence-electron chi connectivity index (χ4n) is 4.83. The standard InChI is InChI=1S/C24H29N5O4S/c1-18-5-2-3-7-21(18)27-13-15-28(16-14-27)24(30)19-6-4-12-29(17-19)34(31,32)23-9-8-22(33-23)20-10-11-25-26-20/h2-3,5,7-11,19H,4,6,12-17H2,1H3,(H,25,26). The average Bonchev–Trinajstić information content (AvgIpc) is 3.57. The molecule has 2 fully saturated rings. The largest absolute Gasteiger partial charge is 0.442 e. The van der Waals surface area contributed by atoms with E-state index in [0.717, 1.165) is 13.1 Å². The molecule has 180 valence electrons. The average molecular weight is 484 g/mol. The van der Waals surface area contributed by atoms with Crippen LogP contribution in [0.15, 0.2) is 58.2 Å². The van der Waals surface area contributed by atoms with Crippen molar-refractivity contribution in [3.63, 3.8) is 0 Å². The van der Waals surface area contributed by atoms with E-state index in [9.17, 15) is 13.2 Å². The van der Waals surface area contributed by atoms with E-state index in [1.165, 1.54) is 21.6 Å². The third-order valence-electron chi connectivity index (χ3n) is 6.72. The zero-order valence-electron chi connectivity index (χ0n) is 19.2. The molecule has 2 saturated heterocycles. The van der Waals surface area contributed by atoms with E-state index < -0.39 is 10.0 Å². The first kappa shape index (κ1) is 22.7. The molecule has 2 aliphatic heterocycles. The number of carbonyl (C=O) groups excluding carboxylic acids is 1. The number of piperidine rings is 1. The van der Waals surface area contributed by atoms with E-state index in [4.69, 9.17) is 4.42 Å².